The van der Waals surface area contributed by atoms with Gasteiger partial charge in [0.15, 0.2) is 0 Å². The number of aromatic nitrogens is 2. The Hall–Kier alpha value is -2.21. The molecule has 5 nitrogen and oxygen atoms in total. The predicted molar refractivity (Wildman–Crippen MR) is 89.9 cm³/mol. The summed E-state index contributed by atoms with van der Waals surface area (Å²) in [5.41, 5.74) is 0.970. The van der Waals surface area contributed by atoms with Gasteiger partial charge in [0.05, 0.1) is 0 Å². The molecule has 1 aliphatic rings. The summed E-state index contributed by atoms with van der Waals surface area (Å²) < 4.78 is 15.2. The van der Waals surface area contributed by atoms with E-state index < -0.39 is 0 Å². The second-order valence-corrected chi connectivity index (χ2v) is 6.29. The van der Waals surface area contributed by atoms with Crippen LogP contribution < -0.4 is 0 Å². The monoisotopic (exact) mass is 330 g/mol. The number of nitrogens with zero attached hydrogens (tertiary/aromatic N) is 4. The van der Waals surface area contributed by atoms with Crippen LogP contribution in [-0.2, 0) is 11.3 Å². The Morgan fingerprint density at radius 3 is 2.67 bits per heavy atom. The van der Waals surface area contributed by atoms with Gasteiger partial charge >= 0.3 is 0 Å². The molecular weight excluding hydrogens is 307 g/mol. The Morgan fingerprint density at radius 2 is 2.04 bits per heavy atom. The maximum Gasteiger partial charge on any atom is 0.245 e. The van der Waals surface area contributed by atoms with Crippen LogP contribution in [0, 0.1) is 12.7 Å². The molecule has 1 amide bonds. The molecule has 0 bridgehead atoms. The normalized spacial score (nSPS) is 17.0. The minimum atomic E-state index is -0.234. The van der Waals surface area contributed by atoms with E-state index in [9.17, 15) is 9.18 Å². The maximum absolute atomic E-state index is 13.3. The highest BCUT2D eigenvalue weighted by atomic mass is 19.1. The van der Waals surface area contributed by atoms with E-state index in [4.69, 9.17) is 0 Å². The molecule has 6 heteroatoms. The standard InChI is InChI=1S/C18H23FN4O/c1-14(23-7-6-20-15(23)2)18(24)22-10-8-21(9-11-22)13-16-4-3-5-17(19)12-16/h3-7,12,14H,8-11,13H2,1-2H3. The fourth-order valence-electron chi connectivity index (χ4n) is 3.20. The highest BCUT2D eigenvalue weighted by molar-refractivity contribution is 5.80. The molecule has 2 aromatic rings. The van der Waals surface area contributed by atoms with Crippen LogP contribution in [0.1, 0.15) is 24.4 Å². The summed E-state index contributed by atoms with van der Waals surface area (Å²) in [5.74, 6) is 0.771. The van der Waals surface area contributed by atoms with Crippen LogP contribution in [0.25, 0.3) is 0 Å². The molecule has 0 radical (unpaired) electrons. The third-order valence-electron chi connectivity index (χ3n) is 4.62. The van der Waals surface area contributed by atoms with E-state index in [1.807, 2.05) is 35.6 Å². The molecule has 128 valence electrons. The number of hydrogen-bond donors (Lipinski definition) is 0. The van der Waals surface area contributed by atoms with E-state index in [0.717, 1.165) is 31.0 Å². The number of imidazole rings is 1. The molecule has 1 atom stereocenters. The van der Waals surface area contributed by atoms with Crippen molar-refractivity contribution in [1.29, 1.82) is 0 Å². The van der Waals surface area contributed by atoms with Gasteiger partial charge in [-0.3, -0.25) is 9.69 Å². The predicted octanol–water partition coefficient (Wildman–Crippen LogP) is 2.24. The quantitative estimate of drug-likeness (QED) is 0.863. The first-order valence-electron chi connectivity index (χ1n) is 8.29. The summed E-state index contributed by atoms with van der Waals surface area (Å²) in [5, 5.41) is 0. The Labute approximate surface area is 141 Å². The molecule has 1 aliphatic heterocycles. The van der Waals surface area contributed by atoms with Crippen molar-refractivity contribution in [2.75, 3.05) is 26.2 Å². The van der Waals surface area contributed by atoms with Gasteiger partial charge in [-0.25, -0.2) is 9.37 Å². The number of halogens is 1. The smallest absolute Gasteiger partial charge is 0.245 e. The van der Waals surface area contributed by atoms with Gasteiger partial charge in [0.2, 0.25) is 5.91 Å². The van der Waals surface area contributed by atoms with Crippen LogP contribution in [0.5, 0.6) is 0 Å². The van der Waals surface area contributed by atoms with E-state index in [1.165, 1.54) is 6.07 Å². The van der Waals surface area contributed by atoms with Crippen LogP contribution in [0.15, 0.2) is 36.7 Å². The number of rotatable bonds is 4. The van der Waals surface area contributed by atoms with Crippen molar-refractivity contribution in [3.63, 3.8) is 0 Å². The first-order chi connectivity index (χ1) is 11.5. The fraction of sp³-hybridized carbons (Fsp3) is 0.444. The van der Waals surface area contributed by atoms with Crippen molar-refractivity contribution in [3.05, 3.63) is 53.9 Å². The number of benzene rings is 1. The van der Waals surface area contributed by atoms with Crippen molar-refractivity contribution in [2.45, 2.75) is 26.4 Å². The van der Waals surface area contributed by atoms with Crippen molar-refractivity contribution in [1.82, 2.24) is 19.4 Å². The molecule has 1 fully saturated rings. The average Bonchev–Trinajstić information content (AvgIpc) is 3.00. The maximum atomic E-state index is 13.3. The summed E-state index contributed by atoms with van der Waals surface area (Å²) in [7, 11) is 0. The summed E-state index contributed by atoms with van der Waals surface area (Å²) in [6, 6.07) is 6.47. The number of piperazine rings is 1. The highest BCUT2D eigenvalue weighted by Gasteiger charge is 2.26. The van der Waals surface area contributed by atoms with E-state index in [-0.39, 0.29) is 17.8 Å². The van der Waals surface area contributed by atoms with Gasteiger partial charge in [-0.1, -0.05) is 12.1 Å². The zero-order valence-corrected chi connectivity index (χ0v) is 14.2. The minimum absolute atomic E-state index is 0.126. The molecule has 1 aromatic carbocycles. The summed E-state index contributed by atoms with van der Waals surface area (Å²) in [6.45, 7) is 7.54. The number of carbonyl (C=O) groups excluding carboxylic acids is 1. The largest absolute Gasteiger partial charge is 0.338 e. The lowest BCUT2D eigenvalue weighted by Crippen LogP contribution is -2.49. The molecule has 1 aromatic heterocycles. The average molecular weight is 330 g/mol. The van der Waals surface area contributed by atoms with Crippen LogP contribution >= 0.6 is 0 Å². The van der Waals surface area contributed by atoms with Gasteiger partial charge in [-0.05, 0) is 31.5 Å². The molecule has 0 saturated carbocycles. The Balaban J connectivity index is 1.55. The zero-order chi connectivity index (χ0) is 17.1. The van der Waals surface area contributed by atoms with Crippen LogP contribution in [0.2, 0.25) is 0 Å². The van der Waals surface area contributed by atoms with E-state index >= 15 is 0 Å². The van der Waals surface area contributed by atoms with Gasteiger partial charge in [0.1, 0.15) is 17.7 Å². The highest BCUT2D eigenvalue weighted by Crippen LogP contribution is 2.15. The lowest BCUT2D eigenvalue weighted by atomic mass is 10.2. The number of aryl methyl sites for hydroxylation is 1. The van der Waals surface area contributed by atoms with Gasteiger partial charge in [0, 0.05) is 45.1 Å². The fourth-order valence-corrected chi connectivity index (χ4v) is 3.20. The Bertz CT molecular complexity index is 707. The third-order valence-corrected chi connectivity index (χ3v) is 4.62. The van der Waals surface area contributed by atoms with Gasteiger partial charge in [0.25, 0.3) is 0 Å². The second-order valence-electron chi connectivity index (χ2n) is 6.29. The SMILES string of the molecule is Cc1nccn1C(C)C(=O)N1CCN(Cc2cccc(F)c2)CC1. The van der Waals surface area contributed by atoms with Crippen molar-refractivity contribution < 1.29 is 9.18 Å². The lowest BCUT2D eigenvalue weighted by molar-refractivity contribution is -0.136. The van der Waals surface area contributed by atoms with Gasteiger partial charge < -0.3 is 9.47 Å². The number of carbonyl (C=O) groups is 1. The minimum Gasteiger partial charge on any atom is -0.338 e. The first-order valence-corrected chi connectivity index (χ1v) is 8.29. The number of hydrogen-bond acceptors (Lipinski definition) is 3. The van der Waals surface area contributed by atoms with Gasteiger partial charge in [-0.15, -0.1) is 0 Å². The van der Waals surface area contributed by atoms with Crippen LogP contribution in [0.3, 0.4) is 0 Å². The topological polar surface area (TPSA) is 41.4 Å². The third kappa shape index (κ3) is 3.64. The first kappa shape index (κ1) is 16.6. The van der Waals surface area contributed by atoms with E-state index in [2.05, 4.69) is 9.88 Å². The molecular formula is C18H23FN4O. The summed E-state index contributed by atoms with van der Waals surface area (Å²) in [4.78, 5) is 21.0. The molecule has 0 aliphatic carbocycles. The van der Waals surface area contributed by atoms with Crippen molar-refractivity contribution >= 4 is 5.91 Å². The van der Waals surface area contributed by atoms with Gasteiger partial charge in [-0.2, -0.15) is 0 Å². The van der Waals surface area contributed by atoms with Crippen LogP contribution in [0.4, 0.5) is 4.39 Å². The molecule has 0 N–H and O–H groups in total. The molecule has 0 spiro atoms. The second kappa shape index (κ2) is 7.13. The van der Waals surface area contributed by atoms with Crippen LogP contribution in [-0.4, -0.2) is 51.4 Å². The summed E-state index contributed by atoms with van der Waals surface area (Å²) in [6.07, 6.45) is 3.56. The molecule has 1 saturated heterocycles. The lowest BCUT2D eigenvalue weighted by Gasteiger charge is -2.36. The summed E-state index contributed by atoms with van der Waals surface area (Å²) >= 11 is 0. The van der Waals surface area contributed by atoms with E-state index in [1.54, 1.807) is 18.3 Å². The zero-order valence-electron chi connectivity index (χ0n) is 14.2. The van der Waals surface area contributed by atoms with E-state index in [0.29, 0.717) is 13.1 Å². The number of amides is 1. The molecule has 3 rings (SSSR count). The Morgan fingerprint density at radius 1 is 1.29 bits per heavy atom. The molecule has 2 heterocycles. The Kier molecular flexibility index (Phi) is 4.94. The molecule has 24 heavy (non-hydrogen) atoms. The molecule has 1 unspecified atom stereocenters. The van der Waals surface area contributed by atoms with Crippen molar-refractivity contribution in [2.24, 2.45) is 0 Å². The van der Waals surface area contributed by atoms with Crippen molar-refractivity contribution in [3.8, 4) is 0 Å².